The normalized spacial score (nSPS) is 11.5. The Hall–Kier alpha value is -2.62. The minimum Gasteiger partial charge on any atom is -0.465 e. The van der Waals surface area contributed by atoms with Crippen molar-refractivity contribution in [2.75, 3.05) is 13.7 Å². The van der Waals surface area contributed by atoms with Gasteiger partial charge in [0, 0.05) is 17.5 Å². The number of nitrogens with zero attached hydrogens (tertiary/aromatic N) is 1. The van der Waals surface area contributed by atoms with E-state index in [0.717, 1.165) is 16.3 Å². The molecule has 0 unspecified atom stereocenters. The van der Waals surface area contributed by atoms with Crippen molar-refractivity contribution in [3.05, 3.63) is 70.0 Å². The molecule has 0 spiro atoms. The number of aromatic nitrogens is 1. The van der Waals surface area contributed by atoms with Gasteiger partial charge in [0.1, 0.15) is 10.8 Å². The Morgan fingerprint density at radius 1 is 1.19 bits per heavy atom. The Bertz CT molecular complexity index is 1190. The zero-order valence-electron chi connectivity index (χ0n) is 17.4. The highest BCUT2D eigenvalue weighted by atomic mass is 32.2. The van der Waals surface area contributed by atoms with Gasteiger partial charge in [-0.2, -0.15) is 0 Å². The number of ether oxygens (including phenoxy) is 1. The first kappa shape index (κ1) is 23.1. The van der Waals surface area contributed by atoms with Gasteiger partial charge in [-0.1, -0.05) is 0 Å². The third-order valence-electron chi connectivity index (χ3n) is 4.90. The molecule has 2 aromatic carbocycles. The number of halogens is 1. The summed E-state index contributed by atoms with van der Waals surface area (Å²) >= 11 is 1.46. The highest BCUT2D eigenvalue weighted by Gasteiger charge is 2.20. The Morgan fingerprint density at radius 3 is 2.58 bits per heavy atom. The molecule has 3 aromatic rings. The van der Waals surface area contributed by atoms with E-state index >= 15 is 0 Å². The molecule has 0 aliphatic rings. The first-order valence-corrected chi connectivity index (χ1v) is 12.0. The molecule has 0 saturated heterocycles. The van der Waals surface area contributed by atoms with Crippen LogP contribution in [-0.4, -0.2) is 33.0 Å². The van der Waals surface area contributed by atoms with Crippen LogP contribution in [0.25, 0.3) is 10.6 Å². The lowest BCUT2D eigenvalue weighted by Crippen LogP contribution is -2.25. The number of aryl methyl sites for hydroxylation is 2. The van der Waals surface area contributed by atoms with Crippen LogP contribution >= 0.6 is 11.3 Å². The number of rotatable bonds is 8. The highest BCUT2D eigenvalue weighted by Crippen LogP contribution is 2.24. The van der Waals surface area contributed by atoms with Crippen molar-refractivity contribution in [3.8, 4) is 10.6 Å². The van der Waals surface area contributed by atoms with E-state index in [1.54, 1.807) is 32.0 Å². The van der Waals surface area contributed by atoms with E-state index in [0.29, 0.717) is 24.0 Å². The van der Waals surface area contributed by atoms with Crippen LogP contribution in [0.1, 0.15) is 33.6 Å². The van der Waals surface area contributed by atoms with E-state index in [9.17, 15) is 17.6 Å². The van der Waals surface area contributed by atoms with Gasteiger partial charge in [-0.25, -0.2) is 27.3 Å². The molecule has 0 radical (unpaired) electrons. The van der Waals surface area contributed by atoms with Gasteiger partial charge >= 0.3 is 5.97 Å². The molecule has 0 fully saturated rings. The SMILES string of the molecule is COC(=O)c1cc(S(=O)(=O)NCCCc2csc(-c3ccc(F)cc3)n2)cc(C)c1C. The van der Waals surface area contributed by atoms with Crippen molar-refractivity contribution in [1.29, 1.82) is 0 Å². The summed E-state index contributed by atoms with van der Waals surface area (Å²) in [7, 11) is -2.51. The highest BCUT2D eigenvalue weighted by molar-refractivity contribution is 7.89. The fourth-order valence-electron chi connectivity index (χ4n) is 3.01. The Kier molecular flexibility index (Phi) is 7.19. The molecule has 1 heterocycles. The van der Waals surface area contributed by atoms with Gasteiger partial charge in [0.2, 0.25) is 10.0 Å². The van der Waals surface area contributed by atoms with E-state index in [1.807, 2.05) is 5.38 Å². The van der Waals surface area contributed by atoms with Gasteiger partial charge in [-0.15, -0.1) is 11.3 Å². The smallest absolute Gasteiger partial charge is 0.338 e. The van der Waals surface area contributed by atoms with Gasteiger partial charge < -0.3 is 4.74 Å². The maximum atomic E-state index is 13.1. The predicted octanol–water partition coefficient (Wildman–Crippen LogP) is 4.26. The first-order valence-electron chi connectivity index (χ1n) is 9.61. The Morgan fingerprint density at radius 2 is 1.90 bits per heavy atom. The molecule has 0 aliphatic heterocycles. The average molecular weight is 463 g/mol. The summed E-state index contributed by atoms with van der Waals surface area (Å²) in [5.41, 5.74) is 3.31. The monoisotopic (exact) mass is 462 g/mol. The lowest BCUT2D eigenvalue weighted by atomic mass is 10.0. The standard InChI is InChI=1S/C22H23FN2O4S2/c1-14-11-19(12-20(15(14)2)22(26)29-3)31(27,28)24-10-4-5-18-13-30-21(25-18)16-6-8-17(23)9-7-16/h6-9,11-13,24H,4-5,10H2,1-3H3. The number of methoxy groups -OCH3 is 1. The maximum Gasteiger partial charge on any atom is 0.338 e. The fourth-order valence-corrected chi connectivity index (χ4v) is 5.05. The molecule has 164 valence electrons. The maximum absolute atomic E-state index is 13.1. The summed E-state index contributed by atoms with van der Waals surface area (Å²) < 4.78 is 45.7. The predicted molar refractivity (Wildman–Crippen MR) is 118 cm³/mol. The first-order chi connectivity index (χ1) is 14.7. The van der Waals surface area contributed by atoms with E-state index < -0.39 is 16.0 Å². The molecule has 1 aromatic heterocycles. The molecule has 1 N–H and O–H groups in total. The number of benzene rings is 2. The van der Waals surface area contributed by atoms with Crippen LogP contribution in [-0.2, 0) is 21.2 Å². The molecule has 0 bridgehead atoms. The van der Waals surface area contributed by atoms with Crippen LogP contribution in [0, 0.1) is 19.7 Å². The molecular weight excluding hydrogens is 439 g/mol. The van der Waals surface area contributed by atoms with E-state index in [1.165, 1.54) is 36.6 Å². The number of thiazole rings is 1. The average Bonchev–Trinajstić information content (AvgIpc) is 3.22. The molecule has 0 atom stereocenters. The number of esters is 1. The lowest BCUT2D eigenvalue weighted by Gasteiger charge is -2.12. The van der Waals surface area contributed by atoms with Gasteiger partial charge in [0.05, 0.1) is 23.3 Å². The number of sulfonamides is 1. The largest absolute Gasteiger partial charge is 0.465 e. The van der Waals surface area contributed by atoms with E-state index in [2.05, 4.69) is 9.71 Å². The number of carbonyl (C=O) groups excluding carboxylic acids is 1. The molecule has 6 nitrogen and oxygen atoms in total. The minimum atomic E-state index is -3.77. The van der Waals surface area contributed by atoms with Crippen molar-refractivity contribution < 1.29 is 22.3 Å². The summed E-state index contributed by atoms with van der Waals surface area (Å²) in [4.78, 5) is 16.5. The summed E-state index contributed by atoms with van der Waals surface area (Å²) in [6.07, 6.45) is 1.15. The second kappa shape index (κ2) is 9.67. The van der Waals surface area contributed by atoms with Crippen LogP contribution < -0.4 is 4.72 Å². The molecule has 3 rings (SSSR count). The number of nitrogens with one attached hydrogen (secondary N) is 1. The van der Waals surface area contributed by atoms with Crippen LogP contribution in [0.15, 0.2) is 46.7 Å². The number of carbonyl (C=O) groups is 1. The molecule has 0 amide bonds. The van der Waals surface area contributed by atoms with Gasteiger partial charge in [-0.05, 0) is 74.2 Å². The molecule has 9 heteroatoms. The van der Waals surface area contributed by atoms with Crippen LogP contribution in [0.5, 0.6) is 0 Å². The van der Waals surface area contributed by atoms with Crippen molar-refractivity contribution in [2.45, 2.75) is 31.6 Å². The third kappa shape index (κ3) is 5.55. The summed E-state index contributed by atoms with van der Waals surface area (Å²) in [5, 5.41) is 2.71. The second-order valence-electron chi connectivity index (χ2n) is 7.06. The van der Waals surface area contributed by atoms with Gasteiger partial charge in [0.25, 0.3) is 0 Å². The summed E-state index contributed by atoms with van der Waals surface area (Å²) in [6.45, 7) is 3.73. The molecular formula is C22H23FN2O4S2. The van der Waals surface area contributed by atoms with Gasteiger partial charge in [-0.3, -0.25) is 0 Å². The quantitative estimate of drug-likeness (QED) is 0.399. The lowest BCUT2D eigenvalue weighted by molar-refractivity contribution is 0.0599. The van der Waals surface area contributed by atoms with Crippen LogP contribution in [0.4, 0.5) is 4.39 Å². The Balaban J connectivity index is 1.61. The van der Waals surface area contributed by atoms with Gasteiger partial charge in [0.15, 0.2) is 0 Å². The zero-order valence-corrected chi connectivity index (χ0v) is 19.1. The van der Waals surface area contributed by atoms with Crippen LogP contribution in [0.3, 0.4) is 0 Å². The second-order valence-corrected chi connectivity index (χ2v) is 9.68. The van der Waals surface area contributed by atoms with E-state index in [4.69, 9.17) is 4.74 Å². The topological polar surface area (TPSA) is 85.4 Å². The van der Waals surface area contributed by atoms with Crippen molar-refractivity contribution >= 4 is 27.3 Å². The third-order valence-corrected chi connectivity index (χ3v) is 7.28. The molecule has 0 aliphatic carbocycles. The summed E-state index contributed by atoms with van der Waals surface area (Å²) in [5.74, 6) is -0.867. The fraction of sp³-hybridized carbons (Fsp3) is 0.273. The number of hydrogen-bond acceptors (Lipinski definition) is 6. The number of hydrogen-bond donors (Lipinski definition) is 1. The van der Waals surface area contributed by atoms with Crippen LogP contribution in [0.2, 0.25) is 0 Å². The molecule has 0 saturated carbocycles. The zero-order chi connectivity index (χ0) is 22.6. The van der Waals surface area contributed by atoms with Crippen molar-refractivity contribution in [3.63, 3.8) is 0 Å². The van der Waals surface area contributed by atoms with E-state index in [-0.39, 0.29) is 22.8 Å². The summed E-state index contributed by atoms with van der Waals surface area (Å²) in [6, 6.07) is 9.02. The molecule has 31 heavy (non-hydrogen) atoms. The Labute approximate surface area is 185 Å². The van der Waals surface area contributed by atoms with Crippen molar-refractivity contribution in [2.24, 2.45) is 0 Å². The van der Waals surface area contributed by atoms with Crippen molar-refractivity contribution in [1.82, 2.24) is 9.71 Å². The minimum absolute atomic E-state index is 0.0308.